The van der Waals surface area contributed by atoms with Gasteiger partial charge in [-0.05, 0) is 26.8 Å². The molecule has 20 heavy (non-hydrogen) atoms. The Labute approximate surface area is 121 Å². The Bertz CT molecular complexity index is 307. The third-order valence-corrected chi connectivity index (χ3v) is 5.63. The van der Waals surface area contributed by atoms with E-state index in [-0.39, 0.29) is 24.0 Å². The Morgan fingerprint density at radius 1 is 1.35 bits per heavy atom. The van der Waals surface area contributed by atoms with E-state index in [1.54, 1.807) is 0 Å². The number of carbonyl (C=O) groups excluding carboxylic acids is 1. The van der Waals surface area contributed by atoms with Crippen molar-refractivity contribution in [2.75, 3.05) is 33.0 Å². The summed E-state index contributed by atoms with van der Waals surface area (Å²) in [7, 11) is -1.87. The lowest BCUT2D eigenvalue weighted by Crippen LogP contribution is -2.42. The second-order valence-corrected chi connectivity index (χ2v) is 6.99. The topological polar surface area (TPSA) is 69.3 Å². The van der Waals surface area contributed by atoms with Crippen LogP contribution >= 0.6 is 0 Å². The molecule has 0 radical (unpaired) electrons. The van der Waals surface area contributed by atoms with Crippen LogP contribution in [0.2, 0.25) is 6.04 Å². The van der Waals surface area contributed by atoms with Crippen LogP contribution in [0.1, 0.15) is 20.3 Å². The Hall–Kier alpha value is -0.313. The van der Waals surface area contributed by atoms with Crippen LogP contribution in [0.3, 0.4) is 0 Å². The Kier molecular flexibility index (Phi) is 6.59. The van der Waals surface area contributed by atoms with Gasteiger partial charge in [0.05, 0.1) is 25.4 Å². The second-order valence-electron chi connectivity index (χ2n) is 5.06. The molecule has 0 aromatic carbocycles. The molecule has 0 aromatic rings. The molecule has 2 aliphatic rings. The minimum absolute atomic E-state index is 0.0374. The van der Waals surface area contributed by atoms with E-state index in [1.807, 2.05) is 13.8 Å². The van der Waals surface area contributed by atoms with Gasteiger partial charge in [0.2, 0.25) is 0 Å². The van der Waals surface area contributed by atoms with Gasteiger partial charge in [-0.2, -0.15) is 0 Å². The summed E-state index contributed by atoms with van der Waals surface area (Å²) in [5.41, 5.74) is 0. The molecule has 2 fully saturated rings. The molecule has 1 N–H and O–H groups in total. The minimum Gasteiger partial charge on any atom is -0.397 e. The van der Waals surface area contributed by atoms with E-state index < -0.39 is 9.28 Å². The van der Waals surface area contributed by atoms with Crippen molar-refractivity contribution in [3.05, 3.63) is 0 Å². The lowest BCUT2D eigenvalue weighted by Gasteiger charge is -2.21. The molecular formula is C13H25NO5Si. The van der Waals surface area contributed by atoms with Crippen molar-refractivity contribution in [3.8, 4) is 0 Å². The lowest BCUT2D eigenvalue weighted by atomic mass is 10.1. The molecule has 0 aromatic heterocycles. The summed E-state index contributed by atoms with van der Waals surface area (Å²) < 4.78 is 22.0. The summed E-state index contributed by atoms with van der Waals surface area (Å²) in [5.74, 6) is 0.155. The first-order valence-corrected chi connectivity index (χ1v) is 9.23. The van der Waals surface area contributed by atoms with E-state index in [1.165, 1.54) is 0 Å². The molecule has 2 saturated heterocycles. The van der Waals surface area contributed by atoms with Gasteiger partial charge in [-0.1, -0.05) is 0 Å². The number of nitrogens with one attached hydrogen (secondary N) is 1. The third-order valence-electron chi connectivity index (χ3n) is 3.48. The highest BCUT2D eigenvalue weighted by molar-refractivity contribution is 6.49. The van der Waals surface area contributed by atoms with Crippen molar-refractivity contribution < 1.29 is 23.1 Å². The van der Waals surface area contributed by atoms with Crippen molar-refractivity contribution in [2.45, 2.75) is 44.6 Å². The van der Waals surface area contributed by atoms with E-state index in [0.29, 0.717) is 25.9 Å². The van der Waals surface area contributed by atoms with E-state index in [9.17, 15) is 4.79 Å². The van der Waals surface area contributed by atoms with Crippen LogP contribution in [0.15, 0.2) is 0 Å². The van der Waals surface area contributed by atoms with Crippen molar-refractivity contribution in [1.29, 1.82) is 0 Å². The van der Waals surface area contributed by atoms with Gasteiger partial charge >= 0.3 is 9.28 Å². The van der Waals surface area contributed by atoms with Gasteiger partial charge in [0.15, 0.2) is 5.78 Å². The minimum atomic E-state index is -1.87. The van der Waals surface area contributed by atoms with Gasteiger partial charge in [-0.3, -0.25) is 4.79 Å². The van der Waals surface area contributed by atoms with E-state index in [4.69, 9.17) is 18.3 Å². The maximum Gasteiger partial charge on any atom is 0.329 e. The second kappa shape index (κ2) is 8.21. The summed E-state index contributed by atoms with van der Waals surface area (Å²) in [4.78, 5) is 12.4. The number of Topliss-reactive ketones (excluding diaryl/α,β-unsaturated/α-hetero) is 1. The lowest BCUT2D eigenvalue weighted by molar-refractivity contribution is -0.122. The number of hydrogen-bond acceptors (Lipinski definition) is 6. The van der Waals surface area contributed by atoms with Crippen molar-refractivity contribution in [3.63, 3.8) is 0 Å². The van der Waals surface area contributed by atoms with Gasteiger partial charge in [0.1, 0.15) is 6.10 Å². The predicted molar refractivity (Wildman–Crippen MR) is 76.1 cm³/mol. The first-order valence-electron chi connectivity index (χ1n) is 7.47. The molecule has 2 heterocycles. The highest BCUT2D eigenvalue weighted by atomic mass is 28.3. The molecule has 2 aliphatic heterocycles. The van der Waals surface area contributed by atoms with Crippen LogP contribution in [0.5, 0.6) is 0 Å². The van der Waals surface area contributed by atoms with Crippen LogP contribution < -0.4 is 5.32 Å². The van der Waals surface area contributed by atoms with Gasteiger partial charge < -0.3 is 23.6 Å². The molecule has 0 spiro atoms. The SMILES string of the molecule is CCO[SiH](CC(=O)C1NCCC1OCC1CO1)OCC. The quantitative estimate of drug-likeness (QED) is 0.452. The summed E-state index contributed by atoms with van der Waals surface area (Å²) >= 11 is 0. The number of ether oxygens (including phenoxy) is 2. The van der Waals surface area contributed by atoms with E-state index in [2.05, 4.69) is 5.32 Å². The molecule has 0 aliphatic carbocycles. The Balaban J connectivity index is 1.78. The number of epoxide rings is 1. The van der Waals surface area contributed by atoms with Crippen LogP contribution in [-0.4, -0.2) is 66.3 Å². The Morgan fingerprint density at radius 3 is 2.65 bits per heavy atom. The zero-order valence-electron chi connectivity index (χ0n) is 12.3. The molecule has 2 rings (SSSR count). The van der Waals surface area contributed by atoms with E-state index in [0.717, 1.165) is 19.6 Å². The standard InChI is InChI=1S/C13H25NO5Si/c1-3-18-20(19-4-2)9-11(15)13-12(5-6-14-13)17-8-10-7-16-10/h10,12-14,20H,3-9H2,1-2H3. The number of carbonyl (C=O) groups is 1. The fraction of sp³-hybridized carbons (Fsp3) is 0.923. The van der Waals surface area contributed by atoms with Crippen LogP contribution in [0, 0.1) is 0 Å². The van der Waals surface area contributed by atoms with Gasteiger partial charge in [-0.25, -0.2) is 0 Å². The normalized spacial score (nSPS) is 29.1. The van der Waals surface area contributed by atoms with Crippen LogP contribution in [0.25, 0.3) is 0 Å². The van der Waals surface area contributed by atoms with E-state index >= 15 is 0 Å². The van der Waals surface area contributed by atoms with Gasteiger partial charge in [0, 0.05) is 19.3 Å². The molecule has 3 unspecified atom stereocenters. The summed E-state index contributed by atoms with van der Waals surface area (Å²) in [6.07, 6.45) is 1.07. The number of rotatable bonds is 10. The maximum atomic E-state index is 12.4. The van der Waals surface area contributed by atoms with Crippen molar-refractivity contribution >= 4 is 15.1 Å². The molecule has 6 nitrogen and oxygen atoms in total. The molecular weight excluding hydrogens is 278 g/mol. The van der Waals surface area contributed by atoms with Gasteiger partial charge in [-0.15, -0.1) is 0 Å². The molecule has 7 heteroatoms. The maximum absolute atomic E-state index is 12.4. The van der Waals surface area contributed by atoms with Gasteiger partial charge in [0.25, 0.3) is 0 Å². The van der Waals surface area contributed by atoms with Crippen LogP contribution in [-0.2, 0) is 23.1 Å². The number of ketones is 1. The summed E-state index contributed by atoms with van der Waals surface area (Å²) in [6.45, 7) is 7.25. The zero-order valence-corrected chi connectivity index (χ0v) is 13.5. The fourth-order valence-corrected chi connectivity index (χ4v) is 4.06. The molecule has 116 valence electrons. The average Bonchev–Trinajstić information content (AvgIpc) is 3.13. The summed E-state index contributed by atoms with van der Waals surface area (Å²) in [6, 6.07) is 0.184. The Morgan fingerprint density at radius 2 is 2.05 bits per heavy atom. The molecule has 0 amide bonds. The molecule has 0 saturated carbocycles. The molecule has 3 atom stereocenters. The fourth-order valence-electron chi connectivity index (χ4n) is 2.40. The first kappa shape index (κ1) is 16.1. The highest BCUT2D eigenvalue weighted by Gasteiger charge is 2.36. The monoisotopic (exact) mass is 303 g/mol. The highest BCUT2D eigenvalue weighted by Crippen LogP contribution is 2.18. The van der Waals surface area contributed by atoms with Crippen molar-refractivity contribution in [1.82, 2.24) is 5.32 Å². The number of hydrogen-bond donors (Lipinski definition) is 1. The predicted octanol–water partition coefficient (Wildman–Crippen LogP) is -0.00510. The smallest absolute Gasteiger partial charge is 0.329 e. The average molecular weight is 303 g/mol. The largest absolute Gasteiger partial charge is 0.397 e. The third kappa shape index (κ3) is 4.91. The molecule has 0 bridgehead atoms. The zero-order chi connectivity index (χ0) is 14.4. The first-order chi connectivity index (χ1) is 9.74. The summed E-state index contributed by atoms with van der Waals surface area (Å²) in [5, 5.41) is 3.24. The van der Waals surface area contributed by atoms with Crippen LogP contribution in [0.4, 0.5) is 0 Å². The van der Waals surface area contributed by atoms with Crippen molar-refractivity contribution in [2.24, 2.45) is 0 Å².